The Balaban J connectivity index is 1.74. The number of halogens is 1. The number of hydrogen-bond donors (Lipinski definition) is 2. The summed E-state index contributed by atoms with van der Waals surface area (Å²) in [5.41, 5.74) is 1.56. The Morgan fingerprint density at radius 3 is 2.84 bits per heavy atom. The zero-order chi connectivity index (χ0) is 22.0. The van der Waals surface area contributed by atoms with Gasteiger partial charge in [-0.2, -0.15) is 0 Å². The van der Waals surface area contributed by atoms with E-state index in [1.165, 1.54) is 12.1 Å². The quantitative estimate of drug-likeness (QED) is 0.457. The molecule has 2 aromatic heterocycles. The molecule has 4 rings (SSSR count). The number of carboxylic acids is 1. The van der Waals surface area contributed by atoms with E-state index in [-0.39, 0.29) is 17.6 Å². The number of aromatic nitrogens is 1. The summed E-state index contributed by atoms with van der Waals surface area (Å²) in [7, 11) is 0. The van der Waals surface area contributed by atoms with Gasteiger partial charge in [-0.15, -0.1) is 0 Å². The van der Waals surface area contributed by atoms with Crippen molar-refractivity contribution in [3.63, 3.8) is 0 Å². The predicted molar refractivity (Wildman–Crippen MR) is 123 cm³/mol. The first-order chi connectivity index (χ1) is 15.0. The zero-order valence-corrected chi connectivity index (χ0v) is 18.5. The first-order valence-corrected chi connectivity index (χ1v) is 10.9. The van der Waals surface area contributed by atoms with Gasteiger partial charge in [-0.25, -0.2) is 4.79 Å². The molecular formula is C23H22ClN3O3S. The minimum absolute atomic E-state index is 0.150. The van der Waals surface area contributed by atoms with Gasteiger partial charge >= 0.3 is 5.97 Å². The van der Waals surface area contributed by atoms with Gasteiger partial charge < -0.3 is 19.7 Å². The minimum Gasteiger partial charge on any atom is -0.478 e. The van der Waals surface area contributed by atoms with Crippen molar-refractivity contribution in [1.82, 2.24) is 15.2 Å². The van der Waals surface area contributed by atoms with Crippen LogP contribution in [0.15, 0.2) is 59.1 Å². The van der Waals surface area contributed by atoms with Crippen molar-refractivity contribution in [1.29, 1.82) is 0 Å². The molecule has 3 heterocycles. The number of hydrogen-bond acceptors (Lipinski definition) is 4. The molecule has 31 heavy (non-hydrogen) atoms. The molecule has 1 aromatic carbocycles. The molecule has 6 nitrogen and oxygen atoms in total. The third-order valence-electron chi connectivity index (χ3n) is 5.35. The van der Waals surface area contributed by atoms with Gasteiger partial charge in [0.25, 0.3) is 0 Å². The minimum atomic E-state index is -1.02. The number of nitrogens with one attached hydrogen (secondary N) is 1. The van der Waals surface area contributed by atoms with Crippen LogP contribution < -0.4 is 5.32 Å². The summed E-state index contributed by atoms with van der Waals surface area (Å²) in [6, 6.07) is 13.7. The second-order valence-corrected chi connectivity index (χ2v) is 8.17. The maximum absolute atomic E-state index is 11.4. The molecule has 0 aliphatic carbocycles. The van der Waals surface area contributed by atoms with E-state index in [9.17, 15) is 9.90 Å². The van der Waals surface area contributed by atoms with E-state index in [0.717, 1.165) is 25.1 Å². The van der Waals surface area contributed by atoms with Crippen LogP contribution in [0.3, 0.4) is 0 Å². The van der Waals surface area contributed by atoms with Crippen LogP contribution in [0.25, 0.3) is 11.3 Å². The molecule has 2 N–H and O–H groups in total. The topological polar surface area (TPSA) is 78.6 Å². The zero-order valence-electron chi connectivity index (χ0n) is 16.9. The first-order valence-electron chi connectivity index (χ1n) is 10.1. The van der Waals surface area contributed by atoms with Gasteiger partial charge in [0.15, 0.2) is 5.11 Å². The fraction of sp³-hybridized carbons (Fsp3) is 0.261. The maximum Gasteiger partial charge on any atom is 0.335 e. The number of pyridine rings is 1. The highest BCUT2D eigenvalue weighted by Crippen LogP contribution is 2.41. The molecule has 0 saturated carbocycles. The lowest BCUT2D eigenvalue weighted by Gasteiger charge is -2.25. The summed E-state index contributed by atoms with van der Waals surface area (Å²) in [6.45, 7) is 2.93. The molecule has 1 fully saturated rings. The smallest absolute Gasteiger partial charge is 0.335 e. The van der Waals surface area contributed by atoms with Crippen molar-refractivity contribution in [3.05, 3.63) is 76.8 Å². The Morgan fingerprint density at radius 1 is 1.29 bits per heavy atom. The lowest BCUT2D eigenvalue weighted by Crippen LogP contribution is -2.30. The number of thiocarbonyl (C=S) groups is 1. The van der Waals surface area contributed by atoms with Gasteiger partial charge in [-0.05, 0) is 61.1 Å². The number of aromatic carboxylic acids is 1. The Kier molecular flexibility index (Phi) is 6.25. The third-order valence-corrected chi connectivity index (χ3v) is 6.03. The summed E-state index contributed by atoms with van der Waals surface area (Å²) in [5.74, 6) is 0.207. The molecular weight excluding hydrogens is 434 g/mol. The molecule has 3 aromatic rings. The van der Waals surface area contributed by atoms with Gasteiger partial charge in [-0.3, -0.25) is 4.98 Å². The fourth-order valence-electron chi connectivity index (χ4n) is 3.79. The van der Waals surface area contributed by atoms with Crippen LogP contribution in [0, 0.1) is 0 Å². The highest BCUT2D eigenvalue weighted by Gasteiger charge is 2.41. The van der Waals surface area contributed by atoms with Crippen LogP contribution in [0.4, 0.5) is 0 Å². The van der Waals surface area contributed by atoms with E-state index in [1.54, 1.807) is 12.3 Å². The van der Waals surface area contributed by atoms with Crippen molar-refractivity contribution in [2.24, 2.45) is 0 Å². The van der Waals surface area contributed by atoms with Crippen molar-refractivity contribution in [2.75, 3.05) is 6.54 Å². The van der Waals surface area contributed by atoms with Crippen LogP contribution in [0.2, 0.25) is 5.02 Å². The Hall–Kier alpha value is -2.90. The van der Waals surface area contributed by atoms with Gasteiger partial charge in [0.2, 0.25) is 0 Å². The molecule has 0 radical (unpaired) electrons. The van der Waals surface area contributed by atoms with Crippen LogP contribution in [0.5, 0.6) is 0 Å². The number of nitrogens with zero attached hydrogens (tertiary/aromatic N) is 2. The van der Waals surface area contributed by atoms with Crippen LogP contribution in [-0.4, -0.2) is 32.6 Å². The number of unbranched alkanes of at least 4 members (excludes halogenated alkanes) is 1. The number of benzene rings is 1. The molecule has 160 valence electrons. The monoisotopic (exact) mass is 455 g/mol. The third kappa shape index (κ3) is 4.29. The van der Waals surface area contributed by atoms with E-state index >= 15 is 0 Å². The number of furan rings is 1. The number of carbonyl (C=O) groups is 1. The molecule has 2 atom stereocenters. The molecule has 0 unspecified atom stereocenters. The highest BCUT2D eigenvalue weighted by atomic mass is 35.5. The Morgan fingerprint density at radius 2 is 2.13 bits per heavy atom. The first kappa shape index (κ1) is 21.3. The maximum atomic E-state index is 11.4. The van der Waals surface area contributed by atoms with Crippen molar-refractivity contribution >= 4 is 34.9 Å². The Labute approximate surface area is 190 Å². The van der Waals surface area contributed by atoms with Gasteiger partial charge in [0.05, 0.1) is 22.3 Å². The van der Waals surface area contributed by atoms with Gasteiger partial charge in [0, 0.05) is 18.3 Å². The lowest BCUT2D eigenvalue weighted by atomic mass is 10.0. The van der Waals surface area contributed by atoms with E-state index in [0.29, 0.717) is 27.2 Å². The number of carboxylic acid groups (broad SMARTS) is 1. The molecule has 1 aliphatic heterocycles. The SMILES string of the molecule is CCCCN1C(=S)N[C@@H](c2ccccn2)[C@@H]1c1ccc(-c2cc(C(=O)O)ccc2Cl)o1. The van der Waals surface area contributed by atoms with E-state index < -0.39 is 5.97 Å². The fourth-order valence-corrected chi connectivity index (χ4v) is 4.33. The second kappa shape index (κ2) is 9.08. The lowest BCUT2D eigenvalue weighted by molar-refractivity contribution is 0.0697. The van der Waals surface area contributed by atoms with E-state index in [1.807, 2.05) is 30.3 Å². The molecule has 1 aliphatic rings. The standard InChI is InChI=1S/C23H22ClN3O3S/c1-2-3-12-27-21(20(26-23(27)31)17-6-4-5-11-25-17)19-10-9-18(30-19)15-13-14(22(28)29)7-8-16(15)24/h4-11,13,20-21H,2-3,12H2,1H3,(H,26,31)(H,28,29)/t20-,21-/m0/s1. The average Bonchev–Trinajstić information content (AvgIpc) is 3.37. The normalized spacial score (nSPS) is 18.3. The molecule has 0 amide bonds. The number of rotatable bonds is 7. The second-order valence-electron chi connectivity index (χ2n) is 7.38. The van der Waals surface area contributed by atoms with E-state index in [2.05, 4.69) is 22.1 Å². The Bertz CT molecular complexity index is 1100. The highest BCUT2D eigenvalue weighted by molar-refractivity contribution is 7.80. The van der Waals surface area contributed by atoms with Crippen molar-refractivity contribution < 1.29 is 14.3 Å². The summed E-state index contributed by atoms with van der Waals surface area (Å²) in [6.07, 6.45) is 3.80. The predicted octanol–water partition coefficient (Wildman–Crippen LogP) is 5.47. The van der Waals surface area contributed by atoms with Gasteiger partial charge in [0.1, 0.15) is 17.6 Å². The van der Waals surface area contributed by atoms with Crippen LogP contribution >= 0.6 is 23.8 Å². The summed E-state index contributed by atoms with van der Waals surface area (Å²) < 4.78 is 6.23. The molecule has 1 saturated heterocycles. The molecule has 0 spiro atoms. The van der Waals surface area contributed by atoms with Crippen molar-refractivity contribution in [2.45, 2.75) is 31.8 Å². The largest absolute Gasteiger partial charge is 0.478 e. The van der Waals surface area contributed by atoms with Crippen LogP contribution in [0.1, 0.15) is 53.7 Å². The molecule has 8 heteroatoms. The van der Waals surface area contributed by atoms with Crippen LogP contribution in [-0.2, 0) is 0 Å². The summed E-state index contributed by atoms with van der Waals surface area (Å²) in [5, 5.41) is 13.8. The summed E-state index contributed by atoms with van der Waals surface area (Å²) >= 11 is 12.0. The van der Waals surface area contributed by atoms with E-state index in [4.69, 9.17) is 28.2 Å². The molecule has 0 bridgehead atoms. The van der Waals surface area contributed by atoms with Gasteiger partial charge in [-0.1, -0.05) is 31.0 Å². The van der Waals surface area contributed by atoms with Crippen molar-refractivity contribution in [3.8, 4) is 11.3 Å². The summed E-state index contributed by atoms with van der Waals surface area (Å²) in [4.78, 5) is 18.0. The average molecular weight is 456 g/mol.